The lowest BCUT2D eigenvalue weighted by Crippen LogP contribution is -2.27. The normalized spacial score (nSPS) is 26.5. The Morgan fingerprint density at radius 1 is 1.44 bits per heavy atom. The molecule has 0 spiro atoms. The standard InChI is InChI=1S/C8H8Cl2F3O2P/c1-5-4-6(15-16(9,10)14)2-3-7(5)8(11,12)13/h2-5,7H,1H3. The van der Waals surface area contributed by atoms with Crippen LogP contribution in [0.4, 0.5) is 13.2 Å². The molecule has 1 aliphatic rings. The minimum Gasteiger partial charge on any atom is -0.423 e. The Bertz CT molecular complexity index is 372. The van der Waals surface area contributed by atoms with Gasteiger partial charge in [0.1, 0.15) is 5.76 Å². The van der Waals surface area contributed by atoms with Gasteiger partial charge in [0.25, 0.3) is 0 Å². The second-order valence-electron chi connectivity index (χ2n) is 3.36. The lowest BCUT2D eigenvalue weighted by atomic mass is 9.89. The summed E-state index contributed by atoms with van der Waals surface area (Å²) in [7, 11) is 0. The predicted molar refractivity (Wildman–Crippen MR) is 56.3 cm³/mol. The third kappa shape index (κ3) is 4.04. The third-order valence-corrected chi connectivity index (χ3v) is 2.89. The molecule has 2 atom stereocenters. The Balaban J connectivity index is 2.79. The second-order valence-corrected chi connectivity index (χ2v) is 7.56. The highest BCUT2D eigenvalue weighted by Gasteiger charge is 2.42. The van der Waals surface area contributed by atoms with E-state index < -0.39 is 24.1 Å². The Hall–Kier alpha value is -0.120. The smallest absolute Gasteiger partial charge is 0.423 e. The summed E-state index contributed by atoms with van der Waals surface area (Å²) in [6.45, 7) is 1.37. The van der Waals surface area contributed by atoms with Gasteiger partial charge in [-0.25, -0.2) is 4.57 Å². The third-order valence-electron chi connectivity index (χ3n) is 2.05. The molecule has 0 bridgehead atoms. The molecule has 0 amide bonds. The van der Waals surface area contributed by atoms with Crippen molar-refractivity contribution in [3.63, 3.8) is 0 Å². The molecule has 16 heavy (non-hydrogen) atoms. The number of rotatable bonds is 2. The summed E-state index contributed by atoms with van der Waals surface area (Å²) in [6.07, 6.45) is -4.90. The van der Waals surface area contributed by atoms with Gasteiger partial charge in [-0.1, -0.05) is 13.0 Å². The summed E-state index contributed by atoms with van der Waals surface area (Å²) in [5.41, 5.74) is 0. The number of allylic oxidation sites excluding steroid dienone is 3. The zero-order valence-electron chi connectivity index (χ0n) is 8.04. The molecule has 0 aromatic carbocycles. The Kier molecular flexibility index (Phi) is 4.04. The first-order chi connectivity index (χ1) is 7.09. The molecule has 92 valence electrons. The van der Waals surface area contributed by atoms with E-state index in [2.05, 4.69) is 4.52 Å². The van der Waals surface area contributed by atoms with E-state index in [0.29, 0.717) is 0 Å². The SMILES string of the molecule is CC1C=C(OP(=O)(Cl)Cl)C=CC1C(F)(F)F. The van der Waals surface area contributed by atoms with Crippen molar-refractivity contribution in [2.24, 2.45) is 11.8 Å². The highest BCUT2D eigenvalue weighted by Crippen LogP contribution is 2.59. The molecule has 0 saturated heterocycles. The van der Waals surface area contributed by atoms with Crippen molar-refractivity contribution >= 4 is 28.6 Å². The van der Waals surface area contributed by atoms with Crippen LogP contribution in [0.15, 0.2) is 24.0 Å². The zero-order valence-corrected chi connectivity index (χ0v) is 10.4. The van der Waals surface area contributed by atoms with Gasteiger partial charge >= 0.3 is 12.3 Å². The minimum atomic E-state index is -4.32. The van der Waals surface area contributed by atoms with Crippen molar-refractivity contribution < 1.29 is 22.3 Å². The summed E-state index contributed by atoms with van der Waals surface area (Å²) in [5, 5.41) is 0. The van der Waals surface area contributed by atoms with Crippen molar-refractivity contribution in [2.75, 3.05) is 0 Å². The average Bonchev–Trinajstić information content (AvgIpc) is 1.97. The van der Waals surface area contributed by atoms with Gasteiger partial charge in [0.05, 0.1) is 5.92 Å². The van der Waals surface area contributed by atoms with E-state index >= 15 is 0 Å². The maximum absolute atomic E-state index is 12.4. The molecule has 0 heterocycles. The van der Waals surface area contributed by atoms with Crippen LogP contribution in [0.5, 0.6) is 0 Å². The largest absolute Gasteiger partial charge is 0.428 e. The molecule has 0 aromatic rings. The molecule has 2 unspecified atom stereocenters. The molecule has 0 radical (unpaired) electrons. The van der Waals surface area contributed by atoms with Gasteiger partial charge in [0.15, 0.2) is 0 Å². The molecule has 0 N–H and O–H groups in total. The van der Waals surface area contributed by atoms with Gasteiger partial charge < -0.3 is 4.52 Å². The number of halogens is 5. The second kappa shape index (κ2) is 4.63. The van der Waals surface area contributed by atoms with Gasteiger partial charge in [-0.2, -0.15) is 13.2 Å². The Morgan fingerprint density at radius 3 is 2.38 bits per heavy atom. The average molecular weight is 295 g/mol. The van der Waals surface area contributed by atoms with Crippen LogP contribution in [-0.2, 0) is 9.09 Å². The first-order valence-corrected chi connectivity index (χ1v) is 7.69. The van der Waals surface area contributed by atoms with Crippen LogP contribution in [0.1, 0.15) is 6.92 Å². The molecule has 0 aromatic heterocycles. The van der Waals surface area contributed by atoms with Gasteiger partial charge in [0, 0.05) is 22.5 Å². The minimum absolute atomic E-state index is 0.0127. The summed E-state index contributed by atoms with van der Waals surface area (Å²) >= 11 is 10.3. The van der Waals surface area contributed by atoms with E-state index in [1.54, 1.807) is 0 Å². The topological polar surface area (TPSA) is 26.3 Å². The van der Waals surface area contributed by atoms with Crippen LogP contribution in [0.25, 0.3) is 0 Å². The molecule has 1 rings (SSSR count). The van der Waals surface area contributed by atoms with Crippen LogP contribution in [0.3, 0.4) is 0 Å². The quantitative estimate of drug-likeness (QED) is 0.680. The highest BCUT2D eigenvalue weighted by molar-refractivity contribution is 8.05. The van der Waals surface area contributed by atoms with Crippen LogP contribution < -0.4 is 0 Å². The van der Waals surface area contributed by atoms with E-state index in [0.717, 1.165) is 12.2 Å². The number of hydrogen-bond acceptors (Lipinski definition) is 2. The van der Waals surface area contributed by atoms with Crippen molar-refractivity contribution in [3.8, 4) is 0 Å². The monoisotopic (exact) mass is 294 g/mol. The lowest BCUT2D eigenvalue weighted by molar-refractivity contribution is -0.169. The maximum Gasteiger partial charge on any atom is 0.428 e. The molecular weight excluding hydrogens is 287 g/mol. The maximum atomic E-state index is 12.4. The number of alkyl halides is 3. The van der Waals surface area contributed by atoms with Crippen LogP contribution >= 0.6 is 28.6 Å². The van der Waals surface area contributed by atoms with Gasteiger partial charge in [-0.3, -0.25) is 0 Å². The molecule has 1 aliphatic carbocycles. The first kappa shape index (κ1) is 13.9. The number of hydrogen-bond donors (Lipinski definition) is 0. The predicted octanol–water partition coefficient (Wildman–Crippen LogP) is 4.86. The van der Waals surface area contributed by atoms with E-state index in [1.807, 2.05) is 0 Å². The Labute approximate surface area is 100 Å². The summed E-state index contributed by atoms with van der Waals surface area (Å²) in [5.74, 6) is -2.41. The van der Waals surface area contributed by atoms with E-state index in [9.17, 15) is 17.7 Å². The van der Waals surface area contributed by atoms with E-state index in [-0.39, 0.29) is 5.76 Å². The van der Waals surface area contributed by atoms with Gasteiger partial charge in [0.2, 0.25) is 0 Å². The highest BCUT2D eigenvalue weighted by atomic mass is 35.9. The van der Waals surface area contributed by atoms with Gasteiger partial charge in [-0.15, -0.1) is 0 Å². The molecule has 8 heteroatoms. The fourth-order valence-electron chi connectivity index (χ4n) is 1.38. The van der Waals surface area contributed by atoms with Crippen molar-refractivity contribution in [3.05, 3.63) is 24.0 Å². The molecule has 2 nitrogen and oxygen atoms in total. The summed E-state index contributed by atoms with van der Waals surface area (Å²) in [6, 6.07) is 0. The van der Waals surface area contributed by atoms with Crippen molar-refractivity contribution in [1.29, 1.82) is 0 Å². The molecule has 0 aliphatic heterocycles. The van der Waals surface area contributed by atoms with Gasteiger partial charge in [-0.05, 0) is 18.1 Å². The lowest BCUT2D eigenvalue weighted by Gasteiger charge is -2.25. The summed E-state index contributed by atoms with van der Waals surface area (Å²) in [4.78, 5) is 0. The van der Waals surface area contributed by atoms with E-state index in [4.69, 9.17) is 22.5 Å². The Morgan fingerprint density at radius 2 is 2.00 bits per heavy atom. The van der Waals surface area contributed by atoms with Crippen LogP contribution in [0, 0.1) is 11.8 Å². The molecule has 0 fully saturated rings. The fourth-order valence-corrected chi connectivity index (χ4v) is 2.23. The molecular formula is C8H8Cl2F3O2P. The summed E-state index contributed by atoms with van der Waals surface area (Å²) < 4.78 is 52.8. The van der Waals surface area contributed by atoms with Crippen molar-refractivity contribution in [1.82, 2.24) is 0 Å². The fraction of sp³-hybridized carbons (Fsp3) is 0.500. The zero-order chi connectivity index (χ0) is 12.6. The van der Waals surface area contributed by atoms with E-state index in [1.165, 1.54) is 13.0 Å². The first-order valence-electron chi connectivity index (χ1n) is 4.25. The molecule has 0 saturated carbocycles. The van der Waals surface area contributed by atoms with Crippen molar-refractivity contribution in [2.45, 2.75) is 13.1 Å². The van der Waals surface area contributed by atoms with Crippen LogP contribution in [-0.4, -0.2) is 6.18 Å². The van der Waals surface area contributed by atoms with Crippen LogP contribution in [0.2, 0.25) is 0 Å².